The second-order valence-electron chi connectivity index (χ2n) is 10.2. The van der Waals surface area contributed by atoms with Crippen LogP contribution in [0.2, 0.25) is 5.02 Å². The van der Waals surface area contributed by atoms with Crippen LogP contribution in [0.15, 0.2) is 30.6 Å². The number of hydrogen-bond donors (Lipinski definition) is 1. The molecule has 190 valence electrons. The van der Waals surface area contributed by atoms with Crippen LogP contribution in [-0.2, 0) is 6.42 Å². The topological polar surface area (TPSA) is 57.0 Å². The standard InChI is InChI=1S/C26H34ClF2N5O/c1-17-4-9-20-23(17)25(31-16-30-20)32-11-13-33(14-12-32)26(35)24(18-5-7-19(27)8-6-18)21-3-2-10-34(21)15-22(28)29/h5-8,16-17,21-22,24,26,35H,2-4,9-15H2,1H3/p+1/t17?,21-,24-,26?/m0/s1. The lowest BCUT2D eigenvalue weighted by Crippen LogP contribution is -2.55. The first-order chi connectivity index (χ1) is 16.9. The minimum Gasteiger partial charge on any atom is -0.378 e. The zero-order valence-electron chi connectivity index (χ0n) is 20.2. The molecule has 0 bridgehead atoms. The van der Waals surface area contributed by atoms with Crippen molar-refractivity contribution in [2.75, 3.05) is 44.2 Å². The molecule has 6 nitrogen and oxygen atoms in total. The molecule has 0 amide bonds. The summed E-state index contributed by atoms with van der Waals surface area (Å²) in [5, 5.41) is 12.3. The summed E-state index contributed by atoms with van der Waals surface area (Å²) in [6.07, 6.45) is 2.47. The van der Waals surface area contributed by atoms with E-state index in [1.165, 1.54) is 11.3 Å². The van der Waals surface area contributed by atoms with Crippen LogP contribution in [0.3, 0.4) is 0 Å². The average molecular weight is 507 g/mol. The van der Waals surface area contributed by atoms with Gasteiger partial charge in [0.25, 0.3) is 6.43 Å². The quantitative estimate of drug-likeness (QED) is 0.622. The van der Waals surface area contributed by atoms with E-state index in [1.807, 2.05) is 29.2 Å². The minimum atomic E-state index is -2.39. The second-order valence-corrected chi connectivity index (χ2v) is 10.6. The molecule has 1 aromatic carbocycles. The van der Waals surface area contributed by atoms with Gasteiger partial charge in [0.2, 0.25) is 12.1 Å². The van der Waals surface area contributed by atoms with Gasteiger partial charge in [-0.1, -0.05) is 30.7 Å². The number of aromatic amines is 1. The Balaban J connectivity index is 1.34. The first kappa shape index (κ1) is 24.8. The smallest absolute Gasteiger partial charge is 0.251 e. The Morgan fingerprint density at radius 1 is 1.11 bits per heavy atom. The number of H-pyrrole nitrogens is 1. The van der Waals surface area contributed by atoms with Crippen molar-refractivity contribution in [3.63, 3.8) is 0 Å². The molecule has 2 unspecified atom stereocenters. The zero-order chi connectivity index (χ0) is 24.5. The van der Waals surface area contributed by atoms with E-state index in [0.29, 0.717) is 30.6 Å². The summed E-state index contributed by atoms with van der Waals surface area (Å²) >= 11 is 6.13. The number of nitrogens with zero attached hydrogens (tertiary/aromatic N) is 4. The Labute approximate surface area is 210 Å². The molecule has 0 radical (unpaired) electrons. The molecule has 0 spiro atoms. The molecule has 2 N–H and O–H groups in total. The molecule has 4 atom stereocenters. The molecule has 5 rings (SSSR count). The van der Waals surface area contributed by atoms with E-state index < -0.39 is 12.7 Å². The molecular weight excluding hydrogens is 472 g/mol. The third kappa shape index (κ3) is 5.17. The highest BCUT2D eigenvalue weighted by molar-refractivity contribution is 6.30. The Morgan fingerprint density at radius 3 is 2.57 bits per heavy atom. The summed E-state index contributed by atoms with van der Waals surface area (Å²) in [7, 11) is 0. The van der Waals surface area contributed by atoms with E-state index in [-0.39, 0.29) is 18.5 Å². The normalized spacial score (nSPS) is 25.3. The highest BCUT2D eigenvalue weighted by atomic mass is 35.5. The number of aromatic nitrogens is 2. The second kappa shape index (κ2) is 10.6. The number of fused-ring (bicyclic) bond motifs is 1. The number of anilines is 1. The fraction of sp³-hybridized carbons (Fsp3) is 0.615. The maximum atomic E-state index is 13.3. The molecule has 3 heterocycles. The number of rotatable bonds is 7. The van der Waals surface area contributed by atoms with E-state index in [2.05, 4.69) is 26.7 Å². The van der Waals surface area contributed by atoms with Crippen molar-refractivity contribution in [3.8, 4) is 0 Å². The van der Waals surface area contributed by atoms with Gasteiger partial charge in [-0.3, -0.25) is 14.7 Å². The number of halogens is 3. The van der Waals surface area contributed by atoms with Gasteiger partial charge in [0, 0.05) is 36.5 Å². The number of piperazine rings is 1. The number of aryl methyl sites for hydroxylation is 1. The van der Waals surface area contributed by atoms with Gasteiger partial charge in [-0.2, -0.15) is 0 Å². The van der Waals surface area contributed by atoms with Gasteiger partial charge in [-0.25, -0.2) is 13.8 Å². The number of benzene rings is 1. The molecule has 3 aliphatic rings. The minimum absolute atomic E-state index is 0.129. The molecule has 1 aliphatic carbocycles. The molecular formula is C26H35ClF2N5O+. The van der Waals surface area contributed by atoms with Crippen LogP contribution in [-0.4, -0.2) is 77.9 Å². The number of likely N-dealkylation sites (tertiary alicyclic amines) is 1. The van der Waals surface area contributed by atoms with Gasteiger partial charge in [-0.15, -0.1) is 4.98 Å². The van der Waals surface area contributed by atoms with Crippen molar-refractivity contribution in [1.82, 2.24) is 14.8 Å². The first-order valence-corrected chi connectivity index (χ1v) is 13.1. The van der Waals surface area contributed by atoms with Crippen molar-refractivity contribution < 1.29 is 18.9 Å². The monoisotopic (exact) mass is 506 g/mol. The van der Waals surface area contributed by atoms with Crippen LogP contribution in [0.25, 0.3) is 0 Å². The van der Waals surface area contributed by atoms with Crippen LogP contribution in [0.5, 0.6) is 0 Å². The van der Waals surface area contributed by atoms with Gasteiger partial charge in [0.15, 0.2) is 0 Å². The van der Waals surface area contributed by atoms with Gasteiger partial charge in [0.1, 0.15) is 11.9 Å². The summed E-state index contributed by atoms with van der Waals surface area (Å²) in [6, 6.07) is 7.38. The fourth-order valence-electron chi connectivity index (χ4n) is 6.31. The summed E-state index contributed by atoms with van der Waals surface area (Å²) in [5.41, 5.74) is 3.47. The Kier molecular flexibility index (Phi) is 7.53. The van der Waals surface area contributed by atoms with Gasteiger partial charge >= 0.3 is 0 Å². The molecule has 2 aromatic rings. The number of aliphatic hydroxyl groups is 1. The largest absolute Gasteiger partial charge is 0.378 e. The lowest BCUT2D eigenvalue weighted by Gasteiger charge is -2.42. The number of alkyl halides is 2. The Bertz CT molecular complexity index is 1000. The summed E-state index contributed by atoms with van der Waals surface area (Å²) < 4.78 is 26.6. The van der Waals surface area contributed by atoms with Crippen molar-refractivity contribution in [2.45, 2.75) is 63.1 Å². The summed E-state index contributed by atoms with van der Waals surface area (Å²) in [4.78, 5) is 14.3. The summed E-state index contributed by atoms with van der Waals surface area (Å²) in [6.45, 7) is 5.62. The van der Waals surface area contributed by atoms with Gasteiger partial charge in [-0.05, 0) is 49.4 Å². The van der Waals surface area contributed by atoms with Crippen molar-refractivity contribution >= 4 is 17.4 Å². The predicted octanol–water partition coefficient (Wildman–Crippen LogP) is 3.55. The third-order valence-electron chi connectivity index (χ3n) is 8.08. The van der Waals surface area contributed by atoms with Gasteiger partial charge < -0.3 is 5.11 Å². The van der Waals surface area contributed by atoms with Crippen LogP contribution in [0.1, 0.15) is 54.8 Å². The lowest BCUT2D eigenvalue weighted by atomic mass is 9.87. The molecule has 1 aromatic heterocycles. The molecule has 9 heteroatoms. The number of aliphatic hydroxyl groups excluding tert-OH is 1. The SMILES string of the molecule is CC1CCc2nc[nH+]c(N3CCN(C(O)[C@@H](c4ccc(Cl)cc4)[C@@H]4CCCN4CC(F)F)CC3)c21. The molecule has 2 fully saturated rings. The first-order valence-electron chi connectivity index (χ1n) is 12.8. The van der Waals surface area contributed by atoms with E-state index in [9.17, 15) is 13.9 Å². The summed E-state index contributed by atoms with van der Waals surface area (Å²) in [5.74, 6) is 1.37. The van der Waals surface area contributed by atoms with Gasteiger partial charge in [0.05, 0.1) is 25.2 Å². The lowest BCUT2D eigenvalue weighted by molar-refractivity contribution is -0.370. The van der Waals surface area contributed by atoms with E-state index >= 15 is 0 Å². The highest BCUT2D eigenvalue weighted by Crippen LogP contribution is 2.38. The third-order valence-corrected chi connectivity index (χ3v) is 8.33. The van der Waals surface area contributed by atoms with E-state index in [4.69, 9.17) is 11.6 Å². The highest BCUT2D eigenvalue weighted by Gasteiger charge is 2.41. The number of hydrogen-bond acceptors (Lipinski definition) is 5. The molecule has 2 aliphatic heterocycles. The fourth-order valence-corrected chi connectivity index (χ4v) is 6.44. The predicted molar refractivity (Wildman–Crippen MR) is 132 cm³/mol. The molecule has 2 saturated heterocycles. The van der Waals surface area contributed by atoms with Crippen LogP contribution >= 0.6 is 11.6 Å². The van der Waals surface area contributed by atoms with Crippen molar-refractivity contribution in [1.29, 1.82) is 0 Å². The Morgan fingerprint density at radius 2 is 1.86 bits per heavy atom. The maximum Gasteiger partial charge on any atom is 0.251 e. The molecule has 35 heavy (non-hydrogen) atoms. The van der Waals surface area contributed by atoms with E-state index in [0.717, 1.165) is 50.2 Å². The average Bonchev–Trinajstić information content (AvgIpc) is 3.46. The van der Waals surface area contributed by atoms with Crippen LogP contribution < -0.4 is 9.88 Å². The molecule has 0 saturated carbocycles. The van der Waals surface area contributed by atoms with E-state index in [1.54, 1.807) is 6.33 Å². The Hall–Kier alpha value is -1.87. The number of nitrogens with one attached hydrogen (secondary N) is 1. The zero-order valence-corrected chi connectivity index (χ0v) is 21.0. The van der Waals surface area contributed by atoms with Crippen molar-refractivity contribution in [3.05, 3.63) is 52.4 Å². The van der Waals surface area contributed by atoms with Crippen LogP contribution in [0.4, 0.5) is 14.6 Å². The van der Waals surface area contributed by atoms with Crippen LogP contribution in [0, 0.1) is 0 Å². The maximum absolute atomic E-state index is 13.3. The van der Waals surface area contributed by atoms with Crippen molar-refractivity contribution in [2.24, 2.45) is 0 Å².